The van der Waals surface area contributed by atoms with E-state index in [0.29, 0.717) is 28.5 Å². The van der Waals surface area contributed by atoms with Gasteiger partial charge in [-0.05, 0) is 36.4 Å². The highest BCUT2D eigenvalue weighted by Crippen LogP contribution is 2.26. The standard InChI is InChI=1S/C28H19ClFN7O/c29-22-16-21(9-10-23(22)30)33-28(38)32-20-8-4-7-19(15-20)25-17-36-14-12-31-26(36)27(34-25)37-13-11-24(35-37)18-5-2-1-3-6-18/h1-17H,(H2,32,33,38). The van der Waals surface area contributed by atoms with E-state index in [9.17, 15) is 9.18 Å². The fraction of sp³-hybridized carbons (Fsp3) is 0. The lowest BCUT2D eigenvalue weighted by Crippen LogP contribution is -2.19. The minimum atomic E-state index is -0.557. The summed E-state index contributed by atoms with van der Waals surface area (Å²) < 4.78 is 17.0. The van der Waals surface area contributed by atoms with Crippen molar-refractivity contribution >= 4 is 34.7 Å². The van der Waals surface area contributed by atoms with E-state index >= 15 is 0 Å². The van der Waals surface area contributed by atoms with Gasteiger partial charge in [0.2, 0.25) is 0 Å². The summed E-state index contributed by atoms with van der Waals surface area (Å²) in [4.78, 5) is 21.9. The number of urea groups is 1. The first-order chi connectivity index (χ1) is 18.5. The second-order valence-corrected chi connectivity index (χ2v) is 8.82. The number of halogens is 2. The second-order valence-electron chi connectivity index (χ2n) is 8.41. The minimum Gasteiger partial charge on any atom is -0.308 e. The summed E-state index contributed by atoms with van der Waals surface area (Å²) in [6.07, 6.45) is 7.27. The molecule has 2 amide bonds. The van der Waals surface area contributed by atoms with Crippen molar-refractivity contribution in [1.29, 1.82) is 0 Å². The van der Waals surface area contributed by atoms with Crippen LogP contribution in [0.1, 0.15) is 0 Å². The van der Waals surface area contributed by atoms with E-state index in [0.717, 1.165) is 16.8 Å². The van der Waals surface area contributed by atoms with E-state index in [2.05, 4.69) is 15.6 Å². The Morgan fingerprint density at radius 1 is 0.842 bits per heavy atom. The topological polar surface area (TPSA) is 89.1 Å². The number of amides is 2. The van der Waals surface area contributed by atoms with Crippen molar-refractivity contribution in [2.75, 3.05) is 10.6 Å². The van der Waals surface area contributed by atoms with E-state index in [4.69, 9.17) is 21.7 Å². The molecule has 186 valence electrons. The summed E-state index contributed by atoms with van der Waals surface area (Å²) >= 11 is 5.80. The Morgan fingerprint density at radius 2 is 1.63 bits per heavy atom. The lowest BCUT2D eigenvalue weighted by molar-refractivity contribution is 0.262. The van der Waals surface area contributed by atoms with Crippen molar-refractivity contribution < 1.29 is 9.18 Å². The van der Waals surface area contributed by atoms with Crippen LogP contribution in [-0.4, -0.2) is 30.2 Å². The first-order valence-electron chi connectivity index (χ1n) is 11.6. The molecule has 0 spiro atoms. The number of carbonyl (C=O) groups excluding carboxylic acids is 1. The maximum absolute atomic E-state index is 13.4. The molecule has 3 aromatic carbocycles. The zero-order valence-electron chi connectivity index (χ0n) is 19.7. The first kappa shape index (κ1) is 23.4. The molecule has 3 heterocycles. The number of fused-ring (bicyclic) bond motifs is 1. The van der Waals surface area contributed by atoms with Crippen molar-refractivity contribution in [2.24, 2.45) is 0 Å². The van der Waals surface area contributed by atoms with Gasteiger partial charge in [-0.1, -0.05) is 54.1 Å². The minimum absolute atomic E-state index is 0.0744. The maximum Gasteiger partial charge on any atom is 0.323 e. The molecule has 0 aliphatic rings. The Hall–Kier alpha value is -5.02. The smallest absolute Gasteiger partial charge is 0.308 e. The van der Waals surface area contributed by atoms with Gasteiger partial charge in [0, 0.05) is 47.3 Å². The Morgan fingerprint density at radius 3 is 2.45 bits per heavy atom. The number of hydrogen-bond donors (Lipinski definition) is 2. The molecule has 2 N–H and O–H groups in total. The maximum atomic E-state index is 13.4. The van der Waals surface area contributed by atoms with Gasteiger partial charge in [0.15, 0.2) is 11.5 Å². The third-order valence-electron chi connectivity index (χ3n) is 5.83. The number of nitrogens with zero attached hydrogens (tertiary/aromatic N) is 5. The molecular formula is C28H19ClFN7O. The number of aromatic nitrogens is 5. The van der Waals surface area contributed by atoms with Crippen LogP contribution < -0.4 is 10.6 Å². The van der Waals surface area contributed by atoms with Crippen LogP contribution in [-0.2, 0) is 0 Å². The van der Waals surface area contributed by atoms with Crippen LogP contribution in [0.4, 0.5) is 20.6 Å². The van der Waals surface area contributed by atoms with Gasteiger partial charge in [0.25, 0.3) is 0 Å². The van der Waals surface area contributed by atoms with Gasteiger partial charge in [-0.15, -0.1) is 0 Å². The lowest BCUT2D eigenvalue weighted by atomic mass is 10.1. The van der Waals surface area contributed by atoms with Crippen molar-refractivity contribution in [2.45, 2.75) is 0 Å². The van der Waals surface area contributed by atoms with E-state index in [1.807, 2.05) is 77.6 Å². The number of rotatable bonds is 5. The molecule has 6 rings (SSSR count). The third kappa shape index (κ3) is 4.70. The molecular weight excluding hydrogens is 505 g/mol. The van der Waals surface area contributed by atoms with Crippen molar-refractivity contribution in [3.05, 3.63) is 114 Å². The summed E-state index contributed by atoms with van der Waals surface area (Å²) in [5.41, 5.74) is 4.84. The van der Waals surface area contributed by atoms with Gasteiger partial charge >= 0.3 is 6.03 Å². The van der Waals surface area contributed by atoms with E-state index in [1.165, 1.54) is 18.2 Å². The zero-order valence-corrected chi connectivity index (χ0v) is 20.5. The van der Waals surface area contributed by atoms with Crippen LogP contribution in [0.5, 0.6) is 0 Å². The van der Waals surface area contributed by atoms with Crippen molar-refractivity contribution in [3.8, 4) is 28.3 Å². The number of nitrogens with one attached hydrogen (secondary N) is 2. The van der Waals surface area contributed by atoms with Gasteiger partial charge in [-0.3, -0.25) is 0 Å². The van der Waals surface area contributed by atoms with E-state index < -0.39 is 11.8 Å². The SMILES string of the molecule is O=C(Nc1cccc(-c2cn3ccnc3c(-n3ccc(-c4ccccc4)n3)n2)c1)Nc1ccc(F)c(Cl)c1. The molecule has 0 atom stereocenters. The van der Waals surface area contributed by atoms with Crippen molar-refractivity contribution in [1.82, 2.24) is 24.1 Å². The molecule has 0 unspecified atom stereocenters. The van der Waals surface area contributed by atoms with Crippen LogP contribution >= 0.6 is 11.6 Å². The fourth-order valence-corrected chi connectivity index (χ4v) is 4.22. The summed E-state index contributed by atoms with van der Waals surface area (Å²) in [7, 11) is 0. The molecule has 0 fully saturated rings. The summed E-state index contributed by atoms with van der Waals surface area (Å²) in [6.45, 7) is 0. The number of hydrogen-bond acceptors (Lipinski definition) is 4. The monoisotopic (exact) mass is 523 g/mol. The molecule has 8 nitrogen and oxygen atoms in total. The van der Waals surface area contributed by atoms with Crippen molar-refractivity contribution in [3.63, 3.8) is 0 Å². The molecule has 0 aliphatic heterocycles. The van der Waals surface area contributed by atoms with Crippen LogP contribution in [0, 0.1) is 5.82 Å². The lowest BCUT2D eigenvalue weighted by Gasteiger charge is -2.11. The van der Waals surface area contributed by atoms with Gasteiger partial charge in [-0.2, -0.15) is 5.10 Å². The molecule has 0 saturated carbocycles. The highest BCUT2D eigenvalue weighted by atomic mass is 35.5. The van der Waals surface area contributed by atoms with E-state index in [-0.39, 0.29) is 5.02 Å². The average Bonchev–Trinajstić information content (AvgIpc) is 3.61. The predicted molar refractivity (Wildman–Crippen MR) is 145 cm³/mol. The largest absolute Gasteiger partial charge is 0.323 e. The predicted octanol–water partition coefficient (Wildman–Crippen LogP) is 6.69. The Kier molecular flexibility index (Phi) is 6.03. The fourth-order valence-electron chi connectivity index (χ4n) is 4.04. The number of imidazole rings is 1. The molecule has 0 saturated heterocycles. The number of anilines is 2. The van der Waals surface area contributed by atoms with Crippen LogP contribution in [0.3, 0.4) is 0 Å². The van der Waals surface area contributed by atoms with E-state index in [1.54, 1.807) is 16.9 Å². The van der Waals surface area contributed by atoms with Crippen LogP contribution in [0.15, 0.2) is 104 Å². The van der Waals surface area contributed by atoms with Gasteiger partial charge < -0.3 is 15.0 Å². The normalized spacial score (nSPS) is 11.0. The first-order valence-corrected chi connectivity index (χ1v) is 12.0. The summed E-state index contributed by atoms with van der Waals surface area (Å²) in [5.74, 6) is 0.0115. The molecule has 0 radical (unpaired) electrons. The Balaban J connectivity index is 1.29. The van der Waals surface area contributed by atoms with Crippen LogP contribution in [0.25, 0.3) is 34.0 Å². The highest BCUT2D eigenvalue weighted by Gasteiger charge is 2.14. The Bertz CT molecular complexity index is 1780. The van der Waals surface area contributed by atoms with Gasteiger partial charge in [0.05, 0.1) is 16.4 Å². The number of carbonyl (C=O) groups is 1. The molecule has 3 aromatic heterocycles. The molecule has 10 heteroatoms. The summed E-state index contributed by atoms with van der Waals surface area (Å²) in [6, 6.07) is 22.6. The van der Waals surface area contributed by atoms with Gasteiger partial charge in [0.1, 0.15) is 5.82 Å². The quantitative estimate of drug-likeness (QED) is 0.263. The molecule has 0 aliphatic carbocycles. The third-order valence-corrected chi connectivity index (χ3v) is 6.12. The molecule has 0 bridgehead atoms. The highest BCUT2D eigenvalue weighted by molar-refractivity contribution is 6.31. The Labute approximate surface area is 221 Å². The zero-order chi connectivity index (χ0) is 26.1. The summed E-state index contributed by atoms with van der Waals surface area (Å²) in [5, 5.41) is 10.1. The van der Waals surface area contributed by atoms with Gasteiger partial charge in [-0.25, -0.2) is 23.8 Å². The molecule has 38 heavy (non-hydrogen) atoms. The second kappa shape index (κ2) is 9.79. The molecule has 6 aromatic rings. The van der Waals surface area contributed by atoms with Crippen LogP contribution in [0.2, 0.25) is 5.02 Å². The number of benzene rings is 3. The average molecular weight is 524 g/mol.